The third-order valence-corrected chi connectivity index (χ3v) is 6.99. The Kier molecular flexibility index (Phi) is 10.3. The molecule has 0 fully saturated rings. The van der Waals surface area contributed by atoms with Crippen molar-refractivity contribution in [1.29, 1.82) is 0 Å². The molecule has 3 aromatic rings. The largest absolute Gasteiger partial charge is 0.342 e. The van der Waals surface area contributed by atoms with Gasteiger partial charge in [-0.05, 0) is 48.1 Å². The van der Waals surface area contributed by atoms with Gasteiger partial charge in [-0.2, -0.15) is 0 Å². The molecule has 1 heterocycles. The Bertz CT molecular complexity index is 1220. The van der Waals surface area contributed by atoms with Gasteiger partial charge in [0.2, 0.25) is 5.91 Å². The van der Waals surface area contributed by atoms with E-state index in [-0.39, 0.29) is 29.5 Å². The van der Waals surface area contributed by atoms with E-state index in [9.17, 15) is 9.59 Å². The molecule has 3 rings (SSSR count). The van der Waals surface area contributed by atoms with E-state index in [4.69, 9.17) is 11.6 Å². The number of rotatable bonds is 12. The molecular weight excluding hydrogens is 506 g/mol. The van der Waals surface area contributed by atoms with Crippen LogP contribution >= 0.6 is 23.4 Å². The van der Waals surface area contributed by atoms with Crippen molar-refractivity contribution in [3.05, 3.63) is 83.2 Å². The third kappa shape index (κ3) is 7.94. The molecule has 0 bridgehead atoms. The lowest BCUT2D eigenvalue weighted by molar-refractivity contribution is -0.113. The number of carbonyl (C=O) groups excluding carboxylic acids is 2. The summed E-state index contributed by atoms with van der Waals surface area (Å²) in [5.41, 5.74) is 2.37. The fourth-order valence-electron chi connectivity index (χ4n) is 3.83. The third-order valence-electron chi connectivity index (χ3n) is 5.69. The van der Waals surface area contributed by atoms with E-state index in [0.29, 0.717) is 40.5 Å². The smallest absolute Gasteiger partial charge is 0.253 e. The molecular formula is C28H34ClN5O2S. The zero-order chi connectivity index (χ0) is 26.9. The lowest BCUT2D eigenvalue weighted by Gasteiger charge is -2.21. The van der Waals surface area contributed by atoms with Crippen LogP contribution in [0.15, 0.2) is 66.3 Å². The van der Waals surface area contributed by atoms with E-state index in [1.807, 2.05) is 28.8 Å². The number of nitrogens with zero attached hydrogens (tertiary/aromatic N) is 3. The minimum atomic E-state index is -0.390. The van der Waals surface area contributed by atoms with E-state index in [1.54, 1.807) is 30.3 Å². The van der Waals surface area contributed by atoms with Crippen LogP contribution in [0.3, 0.4) is 0 Å². The second-order valence-corrected chi connectivity index (χ2v) is 10.8. The number of carbonyl (C=O) groups is 2. The number of hydrogen-bond donors (Lipinski definition) is 2. The van der Waals surface area contributed by atoms with Gasteiger partial charge >= 0.3 is 0 Å². The molecule has 0 unspecified atom stereocenters. The van der Waals surface area contributed by atoms with Crippen molar-refractivity contribution in [2.45, 2.75) is 57.8 Å². The van der Waals surface area contributed by atoms with Gasteiger partial charge in [-0.1, -0.05) is 81.4 Å². The van der Waals surface area contributed by atoms with Gasteiger partial charge in [0.1, 0.15) is 0 Å². The maximum absolute atomic E-state index is 13.0. The highest BCUT2D eigenvalue weighted by molar-refractivity contribution is 7.99. The SMILES string of the molecule is C=CCn1c(SCC(=O)Nc2ccc(C(C)C)cc2)nnc1[C@@H](CC(C)C)NC(=O)c1ccccc1Cl. The first-order valence-electron chi connectivity index (χ1n) is 12.3. The lowest BCUT2D eigenvalue weighted by Crippen LogP contribution is -2.32. The van der Waals surface area contributed by atoms with Crippen molar-refractivity contribution in [2.75, 3.05) is 11.1 Å². The average Bonchev–Trinajstić information content (AvgIpc) is 3.25. The van der Waals surface area contributed by atoms with Crippen LogP contribution in [0.25, 0.3) is 0 Å². The highest BCUT2D eigenvalue weighted by Crippen LogP contribution is 2.26. The van der Waals surface area contributed by atoms with Crippen LogP contribution < -0.4 is 10.6 Å². The summed E-state index contributed by atoms with van der Waals surface area (Å²) >= 11 is 7.53. The summed E-state index contributed by atoms with van der Waals surface area (Å²) in [5.74, 6) is 1.08. The second kappa shape index (κ2) is 13.4. The molecule has 0 aliphatic heterocycles. The standard InChI is InChI=1S/C28H34ClN5O2S/c1-6-15-34-26(24(16-18(2)3)31-27(36)22-9-7-8-10-23(22)29)32-33-28(34)37-17-25(35)30-21-13-11-20(12-14-21)19(4)5/h6-14,18-19,24H,1,15-17H2,2-5H3,(H,30,35)(H,31,36)/t24-/m1/s1. The summed E-state index contributed by atoms with van der Waals surface area (Å²) in [5, 5.41) is 15.7. The van der Waals surface area contributed by atoms with E-state index < -0.39 is 0 Å². The number of thioether (sulfide) groups is 1. The van der Waals surface area contributed by atoms with Gasteiger partial charge < -0.3 is 15.2 Å². The second-order valence-electron chi connectivity index (χ2n) is 9.49. The summed E-state index contributed by atoms with van der Waals surface area (Å²) in [4.78, 5) is 25.6. The number of benzene rings is 2. The van der Waals surface area contributed by atoms with Crippen LogP contribution in [0.4, 0.5) is 5.69 Å². The maximum atomic E-state index is 13.0. The molecule has 0 aliphatic rings. The lowest BCUT2D eigenvalue weighted by atomic mass is 10.0. The highest BCUT2D eigenvalue weighted by atomic mass is 35.5. The fraction of sp³-hybridized carbons (Fsp3) is 0.357. The zero-order valence-electron chi connectivity index (χ0n) is 21.7. The van der Waals surface area contributed by atoms with Gasteiger partial charge in [0.25, 0.3) is 5.91 Å². The predicted octanol–water partition coefficient (Wildman–Crippen LogP) is 6.49. The number of anilines is 1. The summed E-state index contributed by atoms with van der Waals surface area (Å²) in [6, 6.07) is 14.4. The first-order chi connectivity index (χ1) is 17.7. The average molecular weight is 540 g/mol. The zero-order valence-corrected chi connectivity index (χ0v) is 23.3. The Labute approximate surface area is 228 Å². The Morgan fingerprint density at radius 1 is 1.08 bits per heavy atom. The number of aromatic nitrogens is 3. The van der Waals surface area contributed by atoms with Crippen LogP contribution in [0.1, 0.15) is 67.8 Å². The monoisotopic (exact) mass is 539 g/mol. The number of nitrogens with one attached hydrogen (secondary N) is 2. The van der Waals surface area contributed by atoms with Gasteiger partial charge in [0, 0.05) is 12.2 Å². The quantitative estimate of drug-likeness (QED) is 0.203. The molecule has 0 saturated carbocycles. The van der Waals surface area contributed by atoms with Crippen LogP contribution in [-0.2, 0) is 11.3 Å². The molecule has 0 spiro atoms. The molecule has 2 aromatic carbocycles. The Morgan fingerprint density at radius 2 is 1.78 bits per heavy atom. The topological polar surface area (TPSA) is 88.9 Å². The molecule has 2 amide bonds. The Morgan fingerprint density at radius 3 is 2.41 bits per heavy atom. The van der Waals surface area contributed by atoms with Crippen molar-refractivity contribution in [3.63, 3.8) is 0 Å². The van der Waals surface area contributed by atoms with E-state index >= 15 is 0 Å². The van der Waals surface area contributed by atoms with Crippen LogP contribution in [0, 0.1) is 5.92 Å². The molecule has 0 aliphatic carbocycles. The summed E-state index contributed by atoms with van der Waals surface area (Å²) in [6.45, 7) is 12.7. The normalized spacial score (nSPS) is 12.0. The first kappa shape index (κ1) is 28.5. The van der Waals surface area contributed by atoms with Gasteiger partial charge in [-0.3, -0.25) is 9.59 Å². The van der Waals surface area contributed by atoms with Crippen molar-refractivity contribution >= 4 is 40.9 Å². The van der Waals surface area contributed by atoms with Crippen molar-refractivity contribution in [1.82, 2.24) is 20.1 Å². The number of amides is 2. The number of allylic oxidation sites excluding steroid dienone is 1. The van der Waals surface area contributed by atoms with Crippen LogP contribution in [0.2, 0.25) is 5.02 Å². The van der Waals surface area contributed by atoms with Crippen molar-refractivity contribution < 1.29 is 9.59 Å². The minimum Gasteiger partial charge on any atom is -0.342 e. The molecule has 9 heteroatoms. The number of hydrogen-bond acceptors (Lipinski definition) is 5. The molecule has 7 nitrogen and oxygen atoms in total. The molecule has 196 valence electrons. The molecule has 2 N–H and O–H groups in total. The van der Waals surface area contributed by atoms with Gasteiger partial charge in [-0.15, -0.1) is 16.8 Å². The van der Waals surface area contributed by atoms with Crippen molar-refractivity contribution in [2.24, 2.45) is 5.92 Å². The maximum Gasteiger partial charge on any atom is 0.253 e. The van der Waals surface area contributed by atoms with Gasteiger partial charge in [-0.25, -0.2) is 0 Å². The van der Waals surface area contributed by atoms with Crippen molar-refractivity contribution in [3.8, 4) is 0 Å². The molecule has 0 saturated heterocycles. The highest BCUT2D eigenvalue weighted by Gasteiger charge is 2.25. The molecule has 1 atom stereocenters. The molecule has 1 aromatic heterocycles. The first-order valence-corrected chi connectivity index (χ1v) is 13.7. The van der Waals surface area contributed by atoms with Gasteiger partial charge in [0.05, 0.1) is 22.4 Å². The van der Waals surface area contributed by atoms with E-state index in [0.717, 1.165) is 5.69 Å². The van der Waals surface area contributed by atoms with Gasteiger partial charge in [0.15, 0.2) is 11.0 Å². The predicted molar refractivity (Wildman–Crippen MR) is 151 cm³/mol. The fourth-order valence-corrected chi connectivity index (χ4v) is 4.80. The molecule has 37 heavy (non-hydrogen) atoms. The molecule has 0 radical (unpaired) electrons. The summed E-state index contributed by atoms with van der Waals surface area (Å²) < 4.78 is 1.89. The Balaban J connectivity index is 1.74. The van der Waals surface area contributed by atoms with E-state index in [2.05, 4.69) is 55.1 Å². The van der Waals surface area contributed by atoms with Crippen LogP contribution in [0.5, 0.6) is 0 Å². The van der Waals surface area contributed by atoms with E-state index in [1.165, 1.54) is 17.3 Å². The Hall–Kier alpha value is -3.10. The number of halogens is 1. The van der Waals surface area contributed by atoms with Crippen LogP contribution in [-0.4, -0.2) is 32.3 Å². The summed E-state index contributed by atoms with van der Waals surface area (Å²) in [7, 11) is 0. The summed E-state index contributed by atoms with van der Waals surface area (Å²) in [6.07, 6.45) is 2.40. The minimum absolute atomic E-state index is 0.136.